The number of fused-ring (bicyclic) bond motifs is 1. The van der Waals surface area contributed by atoms with Crippen molar-refractivity contribution in [2.45, 2.75) is 12.5 Å². The Morgan fingerprint density at radius 2 is 2.35 bits per heavy atom. The van der Waals surface area contributed by atoms with E-state index in [4.69, 9.17) is 9.47 Å². The Morgan fingerprint density at radius 3 is 3.06 bits per heavy atom. The minimum atomic E-state index is -0.448. The van der Waals surface area contributed by atoms with Crippen LogP contribution in [-0.2, 0) is 20.7 Å². The molecule has 1 atom stereocenters. The molecule has 0 saturated heterocycles. The molecule has 1 aromatic rings. The highest BCUT2D eigenvalue weighted by Crippen LogP contribution is 2.29. The molecule has 0 aromatic heterocycles. The van der Waals surface area contributed by atoms with E-state index in [2.05, 4.69) is 4.74 Å². The fraction of sp³-hybridized carbons (Fsp3) is 0.333. The molecule has 1 aliphatic rings. The molecule has 1 aliphatic heterocycles. The van der Waals surface area contributed by atoms with E-state index in [1.165, 1.54) is 0 Å². The Balaban J connectivity index is 2.27. The van der Waals surface area contributed by atoms with Gasteiger partial charge in [0, 0.05) is 12.0 Å². The number of cyclic esters (lactones) is 1. The zero-order valence-electron chi connectivity index (χ0n) is 9.34. The van der Waals surface area contributed by atoms with E-state index >= 15 is 0 Å². The minimum absolute atomic E-state index is 0.0622. The minimum Gasteiger partial charge on any atom is -0.496 e. The number of carbonyl (C=O) groups is 2. The van der Waals surface area contributed by atoms with Gasteiger partial charge in [-0.05, 0) is 12.1 Å². The highest BCUT2D eigenvalue weighted by molar-refractivity contribution is 5.93. The van der Waals surface area contributed by atoms with Gasteiger partial charge in [-0.1, -0.05) is 6.07 Å². The molecule has 0 bridgehead atoms. The van der Waals surface area contributed by atoms with Crippen LogP contribution in [0, 0.1) is 0 Å². The van der Waals surface area contributed by atoms with E-state index in [9.17, 15) is 9.59 Å². The van der Waals surface area contributed by atoms with Gasteiger partial charge < -0.3 is 14.2 Å². The predicted molar refractivity (Wildman–Crippen MR) is 57.9 cm³/mol. The Labute approximate surface area is 98.3 Å². The largest absolute Gasteiger partial charge is 0.496 e. The third-order valence-corrected chi connectivity index (χ3v) is 2.63. The van der Waals surface area contributed by atoms with Gasteiger partial charge in [-0.25, -0.2) is 4.79 Å². The average Bonchev–Trinajstić information content (AvgIpc) is 2.35. The summed E-state index contributed by atoms with van der Waals surface area (Å²) in [6.45, 7) is 0.401. The zero-order chi connectivity index (χ0) is 12.3. The molecule has 5 heteroatoms. The topological polar surface area (TPSA) is 61.8 Å². The molecule has 0 saturated carbocycles. The number of carbonyl (C=O) groups excluding carboxylic acids is 2. The molecular formula is C12H12O5. The van der Waals surface area contributed by atoms with E-state index < -0.39 is 12.1 Å². The van der Waals surface area contributed by atoms with Crippen molar-refractivity contribution in [2.75, 3.05) is 13.7 Å². The summed E-state index contributed by atoms with van der Waals surface area (Å²) in [4.78, 5) is 21.8. The van der Waals surface area contributed by atoms with Gasteiger partial charge in [0.15, 0.2) is 0 Å². The highest BCUT2D eigenvalue weighted by Gasteiger charge is 2.28. The van der Waals surface area contributed by atoms with Crippen molar-refractivity contribution in [3.8, 4) is 5.75 Å². The van der Waals surface area contributed by atoms with Crippen LogP contribution in [-0.4, -0.2) is 32.3 Å². The molecule has 0 fully saturated rings. The maximum Gasteiger partial charge on any atom is 0.338 e. The molecule has 2 rings (SSSR count). The van der Waals surface area contributed by atoms with Gasteiger partial charge in [0.05, 0.1) is 12.7 Å². The van der Waals surface area contributed by atoms with Crippen LogP contribution in [0.1, 0.15) is 15.9 Å². The third kappa shape index (κ3) is 2.22. The maximum atomic E-state index is 11.7. The molecule has 0 N–H and O–H groups in total. The number of ether oxygens (including phenoxy) is 3. The molecule has 0 aliphatic carbocycles. The zero-order valence-corrected chi connectivity index (χ0v) is 9.34. The predicted octanol–water partition coefficient (Wildman–Crippen LogP) is 0.950. The Hall–Kier alpha value is -2.04. The van der Waals surface area contributed by atoms with Crippen LogP contribution in [0.25, 0.3) is 0 Å². The van der Waals surface area contributed by atoms with Crippen molar-refractivity contribution in [3.63, 3.8) is 0 Å². The Morgan fingerprint density at radius 1 is 1.53 bits per heavy atom. The van der Waals surface area contributed by atoms with E-state index in [1.807, 2.05) is 0 Å². The fourth-order valence-electron chi connectivity index (χ4n) is 1.88. The van der Waals surface area contributed by atoms with Gasteiger partial charge in [-0.3, -0.25) is 4.79 Å². The summed E-state index contributed by atoms with van der Waals surface area (Å²) in [7, 11) is 1.55. The van der Waals surface area contributed by atoms with Crippen molar-refractivity contribution in [1.29, 1.82) is 0 Å². The number of hydrogen-bond acceptors (Lipinski definition) is 5. The highest BCUT2D eigenvalue weighted by atomic mass is 16.6. The molecule has 0 radical (unpaired) electrons. The van der Waals surface area contributed by atoms with E-state index in [0.29, 0.717) is 24.2 Å². The quantitative estimate of drug-likeness (QED) is 0.575. The van der Waals surface area contributed by atoms with Crippen LogP contribution >= 0.6 is 0 Å². The van der Waals surface area contributed by atoms with Crippen LogP contribution in [0.2, 0.25) is 0 Å². The van der Waals surface area contributed by atoms with Gasteiger partial charge in [0.25, 0.3) is 6.47 Å². The lowest BCUT2D eigenvalue weighted by Gasteiger charge is -2.25. The SMILES string of the molecule is COc1cccc2c1C[C@@H](COC=O)OC2=O. The molecular weight excluding hydrogens is 224 g/mol. The molecule has 5 nitrogen and oxygen atoms in total. The lowest BCUT2D eigenvalue weighted by molar-refractivity contribution is -0.131. The number of benzene rings is 1. The van der Waals surface area contributed by atoms with Crippen LogP contribution in [0.4, 0.5) is 0 Å². The smallest absolute Gasteiger partial charge is 0.338 e. The van der Waals surface area contributed by atoms with Crippen molar-refractivity contribution < 1.29 is 23.8 Å². The molecule has 0 amide bonds. The summed E-state index contributed by atoms with van der Waals surface area (Å²) < 4.78 is 14.9. The first-order chi connectivity index (χ1) is 8.26. The first-order valence-electron chi connectivity index (χ1n) is 5.18. The number of hydrogen-bond donors (Lipinski definition) is 0. The summed E-state index contributed by atoms with van der Waals surface area (Å²) in [5.41, 5.74) is 1.30. The molecule has 17 heavy (non-hydrogen) atoms. The number of esters is 1. The van der Waals surface area contributed by atoms with Crippen LogP contribution in [0.15, 0.2) is 18.2 Å². The lowest BCUT2D eigenvalue weighted by atomic mass is 9.98. The standard InChI is InChI=1S/C12H12O5/c1-15-11-4-2-3-9-10(11)5-8(6-16-7-13)17-12(9)14/h2-4,7-8H,5-6H2,1H3/t8-/m0/s1. The Bertz CT molecular complexity index is 441. The van der Waals surface area contributed by atoms with E-state index in [0.717, 1.165) is 5.56 Å². The van der Waals surface area contributed by atoms with Crippen LogP contribution < -0.4 is 4.74 Å². The van der Waals surface area contributed by atoms with Gasteiger partial charge in [-0.2, -0.15) is 0 Å². The van der Waals surface area contributed by atoms with E-state index in [-0.39, 0.29) is 6.61 Å². The van der Waals surface area contributed by atoms with Crippen molar-refractivity contribution >= 4 is 12.4 Å². The number of rotatable bonds is 4. The second kappa shape index (κ2) is 4.86. The van der Waals surface area contributed by atoms with Crippen molar-refractivity contribution in [2.24, 2.45) is 0 Å². The molecule has 1 aromatic carbocycles. The maximum absolute atomic E-state index is 11.7. The normalized spacial score (nSPS) is 17.9. The summed E-state index contributed by atoms with van der Waals surface area (Å²) >= 11 is 0. The van der Waals surface area contributed by atoms with Crippen molar-refractivity contribution in [3.05, 3.63) is 29.3 Å². The average molecular weight is 236 g/mol. The van der Waals surface area contributed by atoms with Crippen LogP contribution in [0.3, 0.4) is 0 Å². The van der Waals surface area contributed by atoms with Crippen LogP contribution in [0.5, 0.6) is 5.75 Å². The first kappa shape index (κ1) is 11.4. The number of methoxy groups -OCH3 is 1. The molecule has 90 valence electrons. The van der Waals surface area contributed by atoms with Crippen molar-refractivity contribution in [1.82, 2.24) is 0 Å². The monoisotopic (exact) mass is 236 g/mol. The molecule has 0 unspecified atom stereocenters. The van der Waals surface area contributed by atoms with Gasteiger partial charge >= 0.3 is 5.97 Å². The second-order valence-corrected chi connectivity index (χ2v) is 3.65. The lowest BCUT2D eigenvalue weighted by Crippen LogP contribution is -2.31. The Kier molecular flexibility index (Phi) is 3.27. The summed E-state index contributed by atoms with van der Waals surface area (Å²) in [6, 6.07) is 5.22. The van der Waals surface area contributed by atoms with Gasteiger partial charge in [-0.15, -0.1) is 0 Å². The first-order valence-corrected chi connectivity index (χ1v) is 5.18. The van der Waals surface area contributed by atoms with Gasteiger partial charge in [0.2, 0.25) is 0 Å². The summed E-state index contributed by atoms with van der Waals surface area (Å²) in [5.74, 6) is 0.236. The molecule has 0 spiro atoms. The summed E-state index contributed by atoms with van der Waals surface area (Å²) in [5, 5.41) is 0. The second-order valence-electron chi connectivity index (χ2n) is 3.65. The fourth-order valence-corrected chi connectivity index (χ4v) is 1.88. The van der Waals surface area contributed by atoms with Gasteiger partial charge in [0.1, 0.15) is 18.5 Å². The summed E-state index contributed by atoms with van der Waals surface area (Å²) in [6.07, 6.45) is 0.0374. The third-order valence-electron chi connectivity index (χ3n) is 2.63. The molecule has 1 heterocycles. The van der Waals surface area contributed by atoms with E-state index in [1.54, 1.807) is 25.3 Å².